The molecule has 0 aromatic rings. The summed E-state index contributed by atoms with van der Waals surface area (Å²) in [7, 11) is 0. The third-order valence-corrected chi connectivity index (χ3v) is 2.91. The summed E-state index contributed by atoms with van der Waals surface area (Å²) < 4.78 is 0. The standard InChI is InChI=1S/C10H16O2/c1-6(2)5-10(4)7(3)8(10)9(11)12/h5,7-8H,1-4H3,(H,11,12). The van der Waals surface area contributed by atoms with Gasteiger partial charge in [0.2, 0.25) is 0 Å². The highest BCUT2D eigenvalue weighted by atomic mass is 16.4. The van der Waals surface area contributed by atoms with Crippen molar-refractivity contribution in [2.75, 3.05) is 0 Å². The molecule has 0 aromatic carbocycles. The lowest BCUT2D eigenvalue weighted by Crippen LogP contribution is -2.04. The molecule has 1 aliphatic rings. The predicted molar refractivity (Wildman–Crippen MR) is 47.8 cm³/mol. The smallest absolute Gasteiger partial charge is 0.307 e. The van der Waals surface area contributed by atoms with Gasteiger partial charge in [-0.2, -0.15) is 0 Å². The molecule has 68 valence electrons. The Morgan fingerprint density at radius 3 is 2.25 bits per heavy atom. The van der Waals surface area contributed by atoms with E-state index in [1.54, 1.807) is 0 Å². The Morgan fingerprint density at radius 1 is 1.50 bits per heavy atom. The molecular formula is C10H16O2. The van der Waals surface area contributed by atoms with Crippen LogP contribution in [0, 0.1) is 17.3 Å². The third kappa shape index (κ3) is 1.26. The minimum absolute atomic E-state index is 0.0926. The molecule has 0 spiro atoms. The number of carboxylic acids is 1. The Bertz CT molecular complexity index is 238. The van der Waals surface area contributed by atoms with Crippen LogP contribution in [0.2, 0.25) is 0 Å². The van der Waals surface area contributed by atoms with Gasteiger partial charge in [0.15, 0.2) is 0 Å². The van der Waals surface area contributed by atoms with Gasteiger partial charge in [-0.05, 0) is 19.8 Å². The van der Waals surface area contributed by atoms with E-state index in [4.69, 9.17) is 5.11 Å². The first-order chi connectivity index (χ1) is 5.39. The van der Waals surface area contributed by atoms with E-state index in [0.717, 1.165) is 0 Å². The molecule has 0 radical (unpaired) electrons. The van der Waals surface area contributed by atoms with Crippen LogP contribution in [0.4, 0.5) is 0 Å². The highest BCUT2D eigenvalue weighted by Gasteiger charge is 2.61. The summed E-state index contributed by atoms with van der Waals surface area (Å²) in [4.78, 5) is 10.7. The molecule has 0 saturated heterocycles. The molecule has 2 heteroatoms. The van der Waals surface area contributed by atoms with E-state index in [1.165, 1.54) is 5.57 Å². The first-order valence-electron chi connectivity index (χ1n) is 4.28. The molecule has 1 aliphatic carbocycles. The summed E-state index contributed by atoms with van der Waals surface area (Å²) in [5, 5.41) is 8.84. The first-order valence-corrected chi connectivity index (χ1v) is 4.28. The minimum Gasteiger partial charge on any atom is -0.481 e. The van der Waals surface area contributed by atoms with Crippen molar-refractivity contribution in [1.82, 2.24) is 0 Å². The van der Waals surface area contributed by atoms with Gasteiger partial charge < -0.3 is 5.11 Å². The van der Waals surface area contributed by atoms with Crippen LogP contribution in [-0.2, 0) is 4.79 Å². The number of allylic oxidation sites excluding steroid dienone is 2. The monoisotopic (exact) mass is 168 g/mol. The molecule has 0 aromatic heterocycles. The van der Waals surface area contributed by atoms with Crippen molar-refractivity contribution in [2.45, 2.75) is 27.7 Å². The summed E-state index contributed by atoms with van der Waals surface area (Å²) in [6.45, 7) is 8.03. The summed E-state index contributed by atoms with van der Waals surface area (Å²) in [6.07, 6.45) is 2.08. The van der Waals surface area contributed by atoms with Crippen LogP contribution in [0.15, 0.2) is 11.6 Å². The van der Waals surface area contributed by atoms with Crippen LogP contribution >= 0.6 is 0 Å². The molecule has 0 heterocycles. The maximum atomic E-state index is 10.7. The minimum atomic E-state index is -0.664. The van der Waals surface area contributed by atoms with E-state index in [1.807, 2.05) is 27.7 Å². The SMILES string of the molecule is CC(C)=CC1(C)C(C)C1C(=O)O. The fraction of sp³-hybridized carbons (Fsp3) is 0.700. The second-order valence-electron chi connectivity index (χ2n) is 4.19. The van der Waals surface area contributed by atoms with E-state index in [9.17, 15) is 4.79 Å². The molecule has 2 nitrogen and oxygen atoms in total. The average Bonchev–Trinajstić information content (AvgIpc) is 2.32. The fourth-order valence-electron chi connectivity index (χ4n) is 2.08. The van der Waals surface area contributed by atoms with Crippen LogP contribution in [0.1, 0.15) is 27.7 Å². The number of hydrogen-bond donors (Lipinski definition) is 1. The zero-order valence-corrected chi connectivity index (χ0v) is 8.09. The molecule has 0 aliphatic heterocycles. The Kier molecular flexibility index (Phi) is 2.02. The van der Waals surface area contributed by atoms with Crippen LogP contribution in [-0.4, -0.2) is 11.1 Å². The van der Waals surface area contributed by atoms with Crippen molar-refractivity contribution in [2.24, 2.45) is 17.3 Å². The van der Waals surface area contributed by atoms with E-state index in [-0.39, 0.29) is 17.3 Å². The molecule has 0 amide bonds. The Hall–Kier alpha value is -0.790. The van der Waals surface area contributed by atoms with Gasteiger partial charge in [0.05, 0.1) is 5.92 Å². The lowest BCUT2D eigenvalue weighted by atomic mass is 10.0. The van der Waals surface area contributed by atoms with Crippen molar-refractivity contribution in [3.05, 3.63) is 11.6 Å². The Morgan fingerprint density at radius 2 is 2.00 bits per heavy atom. The highest BCUT2D eigenvalue weighted by Crippen LogP contribution is 2.59. The van der Waals surface area contributed by atoms with Gasteiger partial charge in [-0.25, -0.2) is 0 Å². The lowest BCUT2D eigenvalue weighted by molar-refractivity contribution is -0.139. The number of carboxylic acid groups (broad SMARTS) is 1. The van der Waals surface area contributed by atoms with Crippen LogP contribution in [0.5, 0.6) is 0 Å². The molecule has 3 atom stereocenters. The van der Waals surface area contributed by atoms with E-state index in [0.29, 0.717) is 0 Å². The quantitative estimate of drug-likeness (QED) is 0.642. The van der Waals surface area contributed by atoms with Gasteiger partial charge in [0, 0.05) is 5.41 Å². The van der Waals surface area contributed by atoms with E-state index < -0.39 is 5.97 Å². The summed E-state index contributed by atoms with van der Waals surface area (Å²) >= 11 is 0. The summed E-state index contributed by atoms with van der Waals surface area (Å²) in [6, 6.07) is 0. The molecule has 1 fully saturated rings. The number of rotatable bonds is 2. The van der Waals surface area contributed by atoms with Gasteiger partial charge >= 0.3 is 5.97 Å². The third-order valence-electron chi connectivity index (χ3n) is 2.91. The maximum absolute atomic E-state index is 10.7. The number of hydrogen-bond acceptors (Lipinski definition) is 1. The Labute approximate surface area is 73.3 Å². The van der Waals surface area contributed by atoms with Gasteiger partial charge in [0.25, 0.3) is 0 Å². The van der Waals surface area contributed by atoms with Gasteiger partial charge in [-0.3, -0.25) is 4.79 Å². The van der Waals surface area contributed by atoms with Crippen LogP contribution in [0.25, 0.3) is 0 Å². The van der Waals surface area contributed by atoms with Crippen molar-refractivity contribution in [3.8, 4) is 0 Å². The van der Waals surface area contributed by atoms with Crippen LogP contribution in [0.3, 0.4) is 0 Å². The molecule has 1 N–H and O–H groups in total. The summed E-state index contributed by atoms with van der Waals surface area (Å²) in [5.74, 6) is -0.556. The zero-order valence-electron chi connectivity index (χ0n) is 8.09. The second-order valence-corrected chi connectivity index (χ2v) is 4.19. The normalized spacial score (nSPS) is 39.0. The maximum Gasteiger partial charge on any atom is 0.307 e. The first kappa shape index (κ1) is 9.30. The topological polar surface area (TPSA) is 37.3 Å². The van der Waals surface area contributed by atoms with E-state index in [2.05, 4.69) is 6.08 Å². The molecule has 1 rings (SSSR count). The molecule has 3 unspecified atom stereocenters. The van der Waals surface area contributed by atoms with Gasteiger partial charge in [0.1, 0.15) is 0 Å². The lowest BCUT2D eigenvalue weighted by Gasteiger charge is -2.03. The van der Waals surface area contributed by atoms with Crippen molar-refractivity contribution < 1.29 is 9.90 Å². The largest absolute Gasteiger partial charge is 0.481 e. The predicted octanol–water partition coefficient (Wildman–Crippen LogP) is 2.31. The Balaban J connectivity index is 2.79. The van der Waals surface area contributed by atoms with E-state index >= 15 is 0 Å². The highest BCUT2D eigenvalue weighted by molar-refractivity contribution is 5.76. The van der Waals surface area contributed by atoms with Crippen LogP contribution < -0.4 is 0 Å². The number of carbonyl (C=O) groups is 1. The van der Waals surface area contributed by atoms with Crippen molar-refractivity contribution in [3.63, 3.8) is 0 Å². The molecule has 12 heavy (non-hydrogen) atoms. The zero-order chi connectivity index (χ0) is 9.52. The second kappa shape index (κ2) is 2.61. The van der Waals surface area contributed by atoms with Crippen molar-refractivity contribution >= 4 is 5.97 Å². The molecule has 1 saturated carbocycles. The van der Waals surface area contributed by atoms with Gasteiger partial charge in [-0.1, -0.05) is 25.5 Å². The summed E-state index contributed by atoms with van der Waals surface area (Å²) in [5.41, 5.74) is 1.11. The molecular weight excluding hydrogens is 152 g/mol. The number of aliphatic carboxylic acids is 1. The average molecular weight is 168 g/mol. The molecule has 0 bridgehead atoms. The van der Waals surface area contributed by atoms with Gasteiger partial charge in [-0.15, -0.1) is 0 Å². The fourth-order valence-corrected chi connectivity index (χ4v) is 2.08. The van der Waals surface area contributed by atoms with Crippen molar-refractivity contribution in [1.29, 1.82) is 0 Å².